The summed E-state index contributed by atoms with van der Waals surface area (Å²) >= 11 is 2.33. The number of fused-ring (bicyclic) bond motifs is 1. The Hall–Kier alpha value is -1.22. The molecule has 0 amide bonds. The summed E-state index contributed by atoms with van der Waals surface area (Å²) in [6, 6.07) is 12.0. The van der Waals surface area contributed by atoms with E-state index in [0.29, 0.717) is 4.59 Å². The summed E-state index contributed by atoms with van der Waals surface area (Å²) in [5.74, 6) is 0. The van der Waals surface area contributed by atoms with Crippen LogP contribution in [-0.2, 0) is 10.8 Å². The zero-order valence-corrected chi connectivity index (χ0v) is 18.0. The van der Waals surface area contributed by atoms with Crippen LogP contribution in [0.3, 0.4) is 0 Å². The fourth-order valence-corrected chi connectivity index (χ4v) is 3.83. The molecule has 0 saturated carbocycles. The van der Waals surface area contributed by atoms with Crippen molar-refractivity contribution in [3.63, 3.8) is 0 Å². The van der Waals surface area contributed by atoms with Gasteiger partial charge in [0.15, 0.2) is 0 Å². The van der Waals surface area contributed by atoms with Gasteiger partial charge in [0.25, 0.3) is 0 Å². The molecule has 132 valence electrons. The van der Waals surface area contributed by atoms with Gasteiger partial charge in [-0.2, -0.15) is 0 Å². The summed E-state index contributed by atoms with van der Waals surface area (Å²) in [7, 11) is 0. The fraction of sp³-hybridized carbons (Fsp3) is 0.440. The predicted molar refractivity (Wildman–Crippen MR) is 116 cm³/mol. The average molecular weight is 338 g/mol. The molecular weight excluding hydrogens is 307 g/mol. The molecular formula is C25H31Li. The maximum atomic E-state index is 2.41. The number of hydrogen-bond donors (Lipinski definition) is 0. The minimum absolute atomic E-state index is 0.141. The summed E-state index contributed by atoms with van der Waals surface area (Å²) in [6.07, 6.45) is 2.40. The van der Waals surface area contributed by atoms with Crippen LogP contribution in [0.2, 0.25) is 0 Å². The molecule has 0 N–H and O–H groups in total. The van der Waals surface area contributed by atoms with Gasteiger partial charge < -0.3 is 0 Å². The van der Waals surface area contributed by atoms with Crippen molar-refractivity contribution >= 4 is 23.8 Å². The van der Waals surface area contributed by atoms with Crippen LogP contribution < -0.4 is 0 Å². The van der Waals surface area contributed by atoms with E-state index in [0.717, 1.165) is 0 Å². The molecule has 3 rings (SSSR count). The van der Waals surface area contributed by atoms with E-state index < -0.39 is 0 Å². The SMILES string of the molecule is [Li][CH]1C(C)=Cc2c(-c3cc(C(C)(C)C)cc(C(C)(C)C)c3)cc(C)cc21. The third kappa shape index (κ3) is 3.60. The molecule has 0 aromatic heterocycles. The second kappa shape index (κ2) is 6.44. The normalized spacial score (nSPS) is 17.3. The molecule has 0 heterocycles. The van der Waals surface area contributed by atoms with Crippen molar-refractivity contribution < 1.29 is 0 Å². The first kappa shape index (κ1) is 19.5. The van der Waals surface area contributed by atoms with Crippen LogP contribution in [0.4, 0.5) is 0 Å². The van der Waals surface area contributed by atoms with Gasteiger partial charge in [0.1, 0.15) is 0 Å². The zero-order valence-electron chi connectivity index (χ0n) is 18.0. The molecule has 1 aliphatic rings. The third-order valence-electron chi connectivity index (χ3n) is 5.85. The van der Waals surface area contributed by atoms with Gasteiger partial charge in [-0.3, -0.25) is 0 Å². The van der Waals surface area contributed by atoms with Crippen molar-refractivity contribution in [1.29, 1.82) is 0 Å². The van der Waals surface area contributed by atoms with Gasteiger partial charge in [0.05, 0.1) is 0 Å². The van der Waals surface area contributed by atoms with E-state index in [1.165, 1.54) is 44.5 Å². The summed E-state index contributed by atoms with van der Waals surface area (Å²) in [5.41, 5.74) is 11.6. The molecule has 2 aromatic rings. The molecule has 1 aliphatic carbocycles. The number of allylic oxidation sites excluding steroid dienone is 1. The van der Waals surface area contributed by atoms with Crippen LogP contribution in [-0.4, -0.2) is 17.7 Å². The van der Waals surface area contributed by atoms with E-state index in [9.17, 15) is 0 Å². The van der Waals surface area contributed by atoms with Crippen molar-refractivity contribution in [1.82, 2.24) is 0 Å². The number of hydrogen-bond acceptors (Lipinski definition) is 0. The Bertz CT molecular complexity index is 853. The first-order chi connectivity index (χ1) is 11.9. The fourth-order valence-electron chi connectivity index (χ4n) is 3.83. The third-order valence-corrected chi connectivity index (χ3v) is 5.85. The Morgan fingerprint density at radius 3 is 1.81 bits per heavy atom. The monoisotopic (exact) mass is 338 g/mol. The van der Waals surface area contributed by atoms with Gasteiger partial charge >= 0.3 is 169 Å². The molecule has 2 aromatic carbocycles. The van der Waals surface area contributed by atoms with Crippen molar-refractivity contribution in [3.8, 4) is 11.1 Å². The van der Waals surface area contributed by atoms with E-state index in [-0.39, 0.29) is 10.8 Å². The Morgan fingerprint density at radius 2 is 1.31 bits per heavy atom. The molecule has 1 heteroatoms. The standard InChI is InChI=1S/C25H31.Li/c1-16-9-18-10-17(2)12-23(22(18)11-16)19-13-20(24(3,4)5)15-21(14-19)25(6,7)8;/h9-15H,1-8H3;. The predicted octanol–water partition coefficient (Wildman–Crippen LogP) is 6.88. The van der Waals surface area contributed by atoms with E-state index >= 15 is 0 Å². The van der Waals surface area contributed by atoms with Gasteiger partial charge in [-0.05, 0) is 0 Å². The second-order valence-electron chi connectivity index (χ2n) is 10.2. The Balaban J connectivity index is 2.30. The molecule has 0 spiro atoms. The quantitative estimate of drug-likeness (QED) is 0.497. The summed E-state index contributed by atoms with van der Waals surface area (Å²) < 4.78 is 0.525. The zero-order chi connectivity index (χ0) is 19.4. The van der Waals surface area contributed by atoms with Crippen molar-refractivity contribution in [2.45, 2.75) is 70.8 Å². The number of benzene rings is 2. The van der Waals surface area contributed by atoms with Crippen LogP contribution in [0.1, 0.15) is 80.9 Å². The first-order valence-corrected chi connectivity index (χ1v) is 9.87. The summed E-state index contributed by atoms with van der Waals surface area (Å²) in [5, 5.41) is 0. The second-order valence-corrected chi connectivity index (χ2v) is 10.2. The summed E-state index contributed by atoms with van der Waals surface area (Å²) in [4.78, 5) is 0. The Morgan fingerprint density at radius 1 is 0.769 bits per heavy atom. The van der Waals surface area contributed by atoms with Crippen LogP contribution in [0.25, 0.3) is 17.2 Å². The first-order valence-electron chi connectivity index (χ1n) is 9.87. The van der Waals surface area contributed by atoms with E-state index in [4.69, 9.17) is 0 Å². The molecule has 1 unspecified atom stereocenters. The molecule has 0 fully saturated rings. The number of aryl methyl sites for hydroxylation is 1. The van der Waals surface area contributed by atoms with Crippen LogP contribution in [0.15, 0.2) is 35.9 Å². The Kier molecular flexibility index (Phi) is 4.84. The van der Waals surface area contributed by atoms with E-state index in [1.54, 1.807) is 0 Å². The van der Waals surface area contributed by atoms with Gasteiger partial charge in [-0.25, -0.2) is 0 Å². The molecule has 26 heavy (non-hydrogen) atoms. The molecule has 0 saturated heterocycles. The molecule has 0 bridgehead atoms. The van der Waals surface area contributed by atoms with Crippen molar-refractivity contribution in [2.75, 3.05) is 0 Å². The van der Waals surface area contributed by atoms with Gasteiger partial charge in [-0.15, -0.1) is 0 Å². The van der Waals surface area contributed by atoms with Gasteiger partial charge in [0.2, 0.25) is 0 Å². The Labute approximate surface area is 169 Å². The topological polar surface area (TPSA) is 0 Å². The van der Waals surface area contributed by atoms with Crippen molar-refractivity contribution in [3.05, 3.63) is 63.7 Å². The van der Waals surface area contributed by atoms with Crippen LogP contribution in [0, 0.1) is 6.92 Å². The number of rotatable bonds is 1. The van der Waals surface area contributed by atoms with Gasteiger partial charge in [-0.1, -0.05) is 0 Å². The van der Waals surface area contributed by atoms with Gasteiger partial charge in [0, 0.05) is 0 Å². The molecule has 0 radical (unpaired) electrons. The maximum absolute atomic E-state index is 2.41. The average Bonchev–Trinajstić information content (AvgIpc) is 2.80. The van der Waals surface area contributed by atoms with Crippen molar-refractivity contribution in [2.24, 2.45) is 0 Å². The summed E-state index contributed by atoms with van der Waals surface area (Å²) in [6.45, 7) is 18.3. The van der Waals surface area contributed by atoms with Crippen LogP contribution in [0.5, 0.6) is 0 Å². The minimum atomic E-state index is 0.141. The van der Waals surface area contributed by atoms with Crippen LogP contribution >= 0.6 is 0 Å². The molecule has 0 aliphatic heterocycles. The molecule has 1 atom stereocenters. The molecule has 0 nitrogen and oxygen atoms in total. The van der Waals surface area contributed by atoms with E-state index in [1.807, 2.05) is 0 Å². The van der Waals surface area contributed by atoms with E-state index in [2.05, 4.69) is 110 Å².